The van der Waals surface area contributed by atoms with Crippen LogP contribution in [0.25, 0.3) is 28.1 Å². The van der Waals surface area contributed by atoms with Gasteiger partial charge in [-0.25, -0.2) is 4.98 Å². The zero-order chi connectivity index (χ0) is 24.5. The first-order valence-electron chi connectivity index (χ1n) is 12.6. The van der Waals surface area contributed by atoms with E-state index in [1.165, 1.54) is 0 Å². The van der Waals surface area contributed by atoms with Gasteiger partial charge < -0.3 is 15.0 Å². The third-order valence-electron chi connectivity index (χ3n) is 6.85. The van der Waals surface area contributed by atoms with Gasteiger partial charge in [0.1, 0.15) is 0 Å². The highest BCUT2D eigenvalue weighted by atomic mass is 16.3. The first kappa shape index (κ1) is 22.4. The number of anilines is 2. The van der Waals surface area contributed by atoms with E-state index in [-0.39, 0.29) is 12.1 Å². The lowest BCUT2D eigenvalue weighted by atomic mass is 9.93. The fraction of sp³-hybridized carbons (Fsp3) is 0.233. The largest absolute Gasteiger partial charge is 0.393 e. The van der Waals surface area contributed by atoms with Crippen molar-refractivity contribution in [1.82, 2.24) is 14.5 Å². The third-order valence-corrected chi connectivity index (χ3v) is 6.85. The highest BCUT2D eigenvalue weighted by molar-refractivity contribution is 5.84. The minimum atomic E-state index is -0.208. The number of rotatable bonds is 4. The Hall–Kier alpha value is -4.03. The fourth-order valence-corrected chi connectivity index (χ4v) is 5.07. The lowest BCUT2D eigenvalue weighted by Gasteiger charge is -2.23. The van der Waals surface area contributed by atoms with Gasteiger partial charge in [0, 0.05) is 11.9 Å². The molecule has 2 heterocycles. The Morgan fingerprint density at radius 2 is 1.69 bits per heavy atom. The Kier molecular flexibility index (Phi) is 5.95. The van der Waals surface area contributed by atoms with E-state index in [1.807, 2.05) is 31.5 Å². The van der Waals surface area contributed by atoms with E-state index in [4.69, 9.17) is 9.98 Å². The van der Waals surface area contributed by atoms with Crippen LogP contribution in [-0.4, -0.2) is 31.8 Å². The number of nitrogens with one attached hydrogen (secondary N) is 1. The second kappa shape index (κ2) is 9.55. The molecule has 0 radical (unpaired) electrons. The number of aryl methyl sites for hydroxylation is 1. The van der Waals surface area contributed by atoms with Crippen molar-refractivity contribution in [1.29, 1.82) is 0 Å². The summed E-state index contributed by atoms with van der Waals surface area (Å²) in [5.41, 5.74) is 7.86. The van der Waals surface area contributed by atoms with Crippen LogP contribution in [0, 0.1) is 6.92 Å². The van der Waals surface area contributed by atoms with Crippen LogP contribution in [0.15, 0.2) is 90.2 Å². The van der Waals surface area contributed by atoms with Crippen molar-refractivity contribution in [2.75, 3.05) is 5.32 Å². The fourth-order valence-electron chi connectivity index (χ4n) is 5.07. The van der Waals surface area contributed by atoms with Gasteiger partial charge in [-0.1, -0.05) is 30.3 Å². The molecule has 1 fully saturated rings. The van der Waals surface area contributed by atoms with E-state index in [9.17, 15) is 5.11 Å². The van der Waals surface area contributed by atoms with E-state index in [1.54, 1.807) is 0 Å². The Balaban J connectivity index is 1.60. The van der Waals surface area contributed by atoms with Crippen molar-refractivity contribution in [2.24, 2.45) is 4.99 Å². The summed E-state index contributed by atoms with van der Waals surface area (Å²) >= 11 is 0. The summed E-state index contributed by atoms with van der Waals surface area (Å²) in [5.74, 6) is 0. The predicted molar refractivity (Wildman–Crippen MR) is 144 cm³/mol. The maximum Gasteiger partial charge on any atom is 0.0900 e. The van der Waals surface area contributed by atoms with E-state index in [2.05, 4.69) is 75.5 Å². The molecule has 3 aromatic rings. The van der Waals surface area contributed by atoms with Crippen LogP contribution in [-0.2, 0) is 0 Å². The van der Waals surface area contributed by atoms with Crippen LogP contribution < -0.4 is 10.7 Å². The van der Waals surface area contributed by atoms with Gasteiger partial charge in [-0.05, 0) is 80.6 Å². The Morgan fingerprint density at radius 1 is 0.917 bits per heavy atom. The zero-order valence-electron chi connectivity index (χ0n) is 20.3. The van der Waals surface area contributed by atoms with Gasteiger partial charge in [0.25, 0.3) is 0 Å². The Morgan fingerprint density at radius 3 is 2.50 bits per heavy atom. The first-order valence-corrected chi connectivity index (χ1v) is 12.6. The van der Waals surface area contributed by atoms with Gasteiger partial charge in [0.2, 0.25) is 0 Å². The van der Waals surface area contributed by atoms with Crippen molar-refractivity contribution >= 4 is 22.4 Å². The molecule has 2 aliphatic carbocycles. The molecular formula is C30H29N5O. The summed E-state index contributed by atoms with van der Waals surface area (Å²) in [6.45, 7) is 2.04. The second-order valence-electron chi connectivity index (χ2n) is 9.60. The molecule has 6 rings (SSSR count). The maximum atomic E-state index is 10.0. The number of para-hydroxylation sites is 3. The first-order chi connectivity index (χ1) is 17.6. The average Bonchev–Trinajstić information content (AvgIpc) is 2.89. The quantitative estimate of drug-likeness (QED) is 0.323. The van der Waals surface area contributed by atoms with Crippen LogP contribution in [0.5, 0.6) is 0 Å². The zero-order valence-corrected chi connectivity index (χ0v) is 20.3. The van der Waals surface area contributed by atoms with Crippen LogP contribution in [0.3, 0.4) is 0 Å². The molecule has 0 bridgehead atoms. The van der Waals surface area contributed by atoms with E-state index in [0.29, 0.717) is 0 Å². The molecule has 180 valence electrons. The highest BCUT2D eigenvalue weighted by Crippen LogP contribution is 2.30. The summed E-state index contributed by atoms with van der Waals surface area (Å²) < 4.78 is 2.26. The average molecular weight is 476 g/mol. The number of aromatic nitrogens is 3. The molecule has 1 saturated carbocycles. The van der Waals surface area contributed by atoms with Crippen LogP contribution >= 0.6 is 0 Å². The number of fused-ring (bicyclic) bond motifs is 2. The number of hydrogen-bond acceptors (Lipinski definition) is 5. The summed E-state index contributed by atoms with van der Waals surface area (Å²) in [6.07, 6.45) is 6.83. The number of pyridine rings is 1. The van der Waals surface area contributed by atoms with Crippen LogP contribution in [0.2, 0.25) is 0 Å². The van der Waals surface area contributed by atoms with Gasteiger partial charge in [-0.15, -0.1) is 0 Å². The molecule has 6 nitrogen and oxygen atoms in total. The predicted octanol–water partition coefficient (Wildman–Crippen LogP) is 5.78. The highest BCUT2D eigenvalue weighted by Gasteiger charge is 2.20. The third kappa shape index (κ3) is 4.48. The minimum absolute atomic E-state index is 0.181. The molecule has 1 aliphatic heterocycles. The van der Waals surface area contributed by atoms with Gasteiger partial charge in [0.05, 0.1) is 57.5 Å². The molecule has 0 spiro atoms. The van der Waals surface area contributed by atoms with E-state index >= 15 is 0 Å². The topological polar surface area (TPSA) is 75.3 Å². The van der Waals surface area contributed by atoms with E-state index in [0.717, 1.165) is 76.1 Å². The van der Waals surface area contributed by atoms with Crippen molar-refractivity contribution in [3.63, 3.8) is 0 Å². The number of benzene rings is 3. The number of aliphatic hydroxyl groups excluding tert-OH is 1. The van der Waals surface area contributed by atoms with Crippen LogP contribution in [0.1, 0.15) is 31.2 Å². The van der Waals surface area contributed by atoms with Crippen molar-refractivity contribution in [3.05, 3.63) is 96.1 Å². The molecule has 1 aromatic heterocycles. The molecule has 0 amide bonds. The monoisotopic (exact) mass is 475 g/mol. The SMILES string of the molecule is Cc1cncc(Nc2cc3nc4ccccc4n(-c4ccccc4)c-3c/c2=N\C2CCC(O)CC2)c1. The summed E-state index contributed by atoms with van der Waals surface area (Å²) in [7, 11) is 0. The summed E-state index contributed by atoms with van der Waals surface area (Å²) in [5, 5.41) is 14.5. The second-order valence-corrected chi connectivity index (χ2v) is 9.60. The lowest BCUT2D eigenvalue weighted by molar-refractivity contribution is 0.123. The van der Waals surface area contributed by atoms with Crippen LogP contribution in [0.4, 0.5) is 11.4 Å². The standard InChI is InChI=1S/C30H29N5O/c1-20-15-22(19-31-18-20)33-26-16-28-30(17-27(26)32-21-11-13-24(36)14-12-21)35(23-7-3-2-4-8-23)29-10-6-5-9-25(29)34-28/h2-10,15-19,21,24,33,36H,11-14H2,1H3/b32-27+. The van der Waals surface area contributed by atoms with Gasteiger partial charge in [0.15, 0.2) is 0 Å². The summed E-state index contributed by atoms with van der Waals surface area (Å²) in [6, 6.07) is 25.1. The van der Waals surface area contributed by atoms with Gasteiger partial charge >= 0.3 is 0 Å². The molecule has 3 aliphatic rings. The molecule has 2 aromatic carbocycles. The number of nitrogens with zero attached hydrogens (tertiary/aromatic N) is 4. The molecule has 2 N–H and O–H groups in total. The van der Waals surface area contributed by atoms with Crippen molar-refractivity contribution in [3.8, 4) is 17.1 Å². The lowest BCUT2D eigenvalue weighted by Crippen LogP contribution is -2.24. The molecule has 0 unspecified atom stereocenters. The number of aliphatic hydroxyl groups is 1. The number of hydrogen-bond donors (Lipinski definition) is 2. The molecule has 0 saturated heterocycles. The van der Waals surface area contributed by atoms with E-state index < -0.39 is 0 Å². The smallest absolute Gasteiger partial charge is 0.0900 e. The molecular weight excluding hydrogens is 446 g/mol. The van der Waals surface area contributed by atoms with Gasteiger partial charge in [-0.2, -0.15) is 0 Å². The maximum absolute atomic E-state index is 10.0. The van der Waals surface area contributed by atoms with Gasteiger partial charge in [-0.3, -0.25) is 9.98 Å². The Labute approximate surface area is 210 Å². The minimum Gasteiger partial charge on any atom is -0.393 e. The van der Waals surface area contributed by atoms with Crippen molar-refractivity contribution in [2.45, 2.75) is 44.8 Å². The summed E-state index contributed by atoms with van der Waals surface area (Å²) in [4.78, 5) is 14.6. The Bertz CT molecular complexity index is 1550. The molecule has 36 heavy (non-hydrogen) atoms. The molecule has 6 heteroatoms. The van der Waals surface area contributed by atoms with Crippen molar-refractivity contribution < 1.29 is 5.11 Å². The molecule has 0 atom stereocenters. The normalized spacial score (nSPS) is 18.6.